The van der Waals surface area contributed by atoms with Crippen molar-refractivity contribution in [3.63, 3.8) is 0 Å². The molecule has 0 saturated heterocycles. The summed E-state index contributed by atoms with van der Waals surface area (Å²) < 4.78 is 17.1. The Hall–Kier alpha value is -3.42. The van der Waals surface area contributed by atoms with Crippen LogP contribution in [0.3, 0.4) is 0 Å². The number of rotatable bonds is 13. The van der Waals surface area contributed by atoms with Gasteiger partial charge in [0.2, 0.25) is 0 Å². The molecule has 0 heterocycles. The topological polar surface area (TPSA) is 112 Å². The second kappa shape index (κ2) is 13.3. The maximum atomic E-state index is 12.9. The second-order valence-electron chi connectivity index (χ2n) is 8.55. The summed E-state index contributed by atoms with van der Waals surface area (Å²) >= 11 is 0. The van der Waals surface area contributed by atoms with E-state index < -0.39 is 0 Å². The number of nitrogens with two attached hydrogens (primary N) is 2. The molecule has 34 heavy (non-hydrogen) atoms. The molecule has 0 bridgehead atoms. The number of aliphatic imine (C=N–C) groups is 1. The molecular weight excluding hydrogens is 432 g/mol. The lowest BCUT2D eigenvalue weighted by molar-refractivity contribution is 0.0643. The summed E-state index contributed by atoms with van der Waals surface area (Å²) in [4.78, 5) is 18.8. The largest absolute Gasteiger partial charge is 0.494 e. The molecule has 4 N–H and O–H groups in total. The number of benzene rings is 2. The quantitative estimate of drug-likeness (QED) is 0.253. The third kappa shape index (κ3) is 8.17. The van der Waals surface area contributed by atoms with Gasteiger partial charge < -0.3 is 30.6 Å². The number of unbranched alkanes of at least 4 members (excludes halogenated alkanes) is 2. The Kier molecular flexibility index (Phi) is 10.5. The number of hydrogen-bond acceptors (Lipinski definition) is 5. The van der Waals surface area contributed by atoms with Crippen LogP contribution in [0.2, 0.25) is 0 Å². The Morgan fingerprint density at radius 1 is 0.882 bits per heavy atom. The van der Waals surface area contributed by atoms with Crippen molar-refractivity contribution >= 4 is 17.6 Å². The zero-order chi connectivity index (χ0) is 25.1. The molecule has 0 aliphatic rings. The first-order valence-electron chi connectivity index (χ1n) is 11.7. The minimum Gasteiger partial charge on any atom is -0.494 e. The van der Waals surface area contributed by atoms with E-state index in [2.05, 4.69) is 4.99 Å². The van der Waals surface area contributed by atoms with Crippen LogP contribution in [0, 0.1) is 0 Å². The molecule has 2 aromatic carbocycles. The van der Waals surface area contributed by atoms with Gasteiger partial charge in [-0.15, -0.1) is 0 Å². The van der Waals surface area contributed by atoms with Gasteiger partial charge in [0.15, 0.2) is 17.5 Å². The molecule has 2 aromatic rings. The summed E-state index contributed by atoms with van der Waals surface area (Å²) in [7, 11) is 1.58. The molecule has 8 nitrogen and oxygen atoms in total. The van der Waals surface area contributed by atoms with Gasteiger partial charge in [-0.2, -0.15) is 0 Å². The number of hydrogen-bond donors (Lipinski definition) is 2. The fourth-order valence-electron chi connectivity index (χ4n) is 3.65. The number of guanidine groups is 1. The van der Waals surface area contributed by atoms with Crippen molar-refractivity contribution < 1.29 is 19.0 Å². The first-order chi connectivity index (χ1) is 16.2. The maximum absolute atomic E-state index is 12.9. The summed E-state index contributed by atoms with van der Waals surface area (Å²) in [5.41, 5.74) is 12.0. The summed E-state index contributed by atoms with van der Waals surface area (Å²) in [6.07, 6.45) is 2.75. The summed E-state index contributed by atoms with van der Waals surface area (Å²) in [6, 6.07) is 12.9. The minimum atomic E-state index is -0.0132. The van der Waals surface area contributed by atoms with Gasteiger partial charge in [0.25, 0.3) is 5.91 Å². The number of carbonyl (C=O) groups excluding carboxylic acids is 1. The second-order valence-corrected chi connectivity index (χ2v) is 8.55. The highest BCUT2D eigenvalue weighted by Gasteiger charge is 2.22. The van der Waals surface area contributed by atoms with Gasteiger partial charge in [0, 0.05) is 17.6 Å². The number of amides is 1. The maximum Gasteiger partial charge on any atom is 0.254 e. The number of methoxy groups -OCH3 is 1. The van der Waals surface area contributed by atoms with Crippen LogP contribution in [-0.4, -0.2) is 49.2 Å². The smallest absolute Gasteiger partial charge is 0.254 e. The predicted molar refractivity (Wildman–Crippen MR) is 136 cm³/mol. The Morgan fingerprint density at radius 3 is 2.06 bits per heavy atom. The zero-order valence-corrected chi connectivity index (χ0v) is 20.9. The fourth-order valence-corrected chi connectivity index (χ4v) is 3.65. The highest BCUT2D eigenvalue weighted by Crippen LogP contribution is 2.29. The molecule has 1 amide bonds. The zero-order valence-electron chi connectivity index (χ0n) is 20.9. The average molecular weight is 471 g/mol. The Balaban J connectivity index is 1.77. The molecular formula is C26H38N4O4. The van der Waals surface area contributed by atoms with Crippen LogP contribution in [0.1, 0.15) is 57.3 Å². The van der Waals surface area contributed by atoms with Gasteiger partial charge in [-0.3, -0.25) is 4.79 Å². The average Bonchev–Trinajstić information content (AvgIpc) is 2.78. The lowest BCUT2D eigenvalue weighted by Crippen LogP contribution is -2.42. The lowest BCUT2D eigenvalue weighted by Gasteiger charge is -2.31. The lowest BCUT2D eigenvalue weighted by atomic mass is 10.1. The highest BCUT2D eigenvalue weighted by molar-refractivity contribution is 5.95. The Labute approximate surface area is 202 Å². The van der Waals surface area contributed by atoms with Crippen LogP contribution in [0.25, 0.3) is 0 Å². The Morgan fingerprint density at radius 2 is 1.50 bits per heavy atom. The molecule has 2 rings (SSSR count). The van der Waals surface area contributed by atoms with E-state index in [1.54, 1.807) is 37.4 Å². The van der Waals surface area contributed by atoms with E-state index in [1.807, 2.05) is 44.7 Å². The van der Waals surface area contributed by atoms with Gasteiger partial charge in [-0.1, -0.05) is 0 Å². The van der Waals surface area contributed by atoms with Crippen molar-refractivity contribution in [3.05, 3.63) is 48.0 Å². The minimum absolute atomic E-state index is 0.0132. The Bertz CT molecular complexity index is 930. The molecule has 0 aliphatic heterocycles. The molecule has 0 aliphatic carbocycles. The van der Waals surface area contributed by atoms with E-state index in [9.17, 15) is 4.79 Å². The summed E-state index contributed by atoms with van der Waals surface area (Å²) in [6.45, 7) is 9.24. The van der Waals surface area contributed by atoms with Crippen molar-refractivity contribution in [3.8, 4) is 17.2 Å². The van der Waals surface area contributed by atoms with E-state index in [-0.39, 0.29) is 24.0 Å². The van der Waals surface area contributed by atoms with Crippen LogP contribution >= 0.6 is 0 Å². The molecule has 0 fully saturated rings. The molecule has 0 saturated carbocycles. The summed E-state index contributed by atoms with van der Waals surface area (Å²) in [5, 5.41) is 0. The third-order valence-corrected chi connectivity index (χ3v) is 5.17. The van der Waals surface area contributed by atoms with Crippen LogP contribution in [-0.2, 0) is 0 Å². The number of nitrogens with zero attached hydrogens (tertiary/aromatic N) is 2. The molecule has 8 heteroatoms. The van der Waals surface area contributed by atoms with Crippen LogP contribution in [0.15, 0.2) is 47.5 Å². The van der Waals surface area contributed by atoms with Crippen LogP contribution in [0.4, 0.5) is 5.69 Å². The van der Waals surface area contributed by atoms with Crippen LogP contribution in [0.5, 0.6) is 17.2 Å². The van der Waals surface area contributed by atoms with Crippen molar-refractivity contribution in [1.29, 1.82) is 0 Å². The number of carbonyl (C=O) groups is 1. The molecule has 0 spiro atoms. The van der Waals surface area contributed by atoms with Crippen molar-refractivity contribution in [1.82, 2.24) is 4.90 Å². The third-order valence-electron chi connectivity index (χ3n) is 5.17. The van der Waals surface area contributed by atoms with Gasteiger partial charge >= 0.3 is 0 Å². The van der Waals surface area contributed by atoms with E-state index in [1.165, 1.54) is 0 Å². The number of ether oxygens (including phenoxy) is 3. The molecule has 0 unspecified atom stereocenters. The molecule has 0 radical (unpaired) electrons. The monoisotopic (exact) mass is 470 g/mol. The van der Waals surface area contributed by atoms with E-state index >= 15 is 0 Å². The molecule has 0 aromatic heterocycles. The van der Waals surface area contributed by atoms with Gasteiger partial charge in [0.1, 0.15) is 5.75 Å². The van der Waals surface area contributed by atoms with E-state index in [0.717, 1.165) is 25.0 Å². The van der Waals surface area contributed by atoms with E-state index in [4.69, 9.17) is 25.7 Å². The van der Waals surface area contributed by atoms with Crippen LogP contribution < -0.4 is 25.7 Å². The summed E-state index contributed by atoms with van der Waals surface area (Å²) in [5.74, 6) is 1.99. The first-order valence-corrected chi connectivity index (χ1v) is 11.7. The van der Waals surface area contributed by atoms with Gasteiger partial charge in [-0.05, 0) is 89.4 Å². The van der Waals surface area contributed by atoms with Gasteiger partial charge in [-0.25, -0.2) is 4.99 Å². The standard InChI is InChI=1S/C26H38N4O4/c1-18(2)30(19(3)4)25(31)20-9-14-23(24(17-20)32-5)34-16-8-6-7-15-33-22-12-10-21(11-13-22)29-26(27)28/h9-14,17-19H,6-8,15-16H2,1-5H3,(H4,27,28,29). The normalized spacial score (nSPS) is 10.8. The van der Waals surface area contributed by atoms with E-state index in [0.29, 0.717) is 36.0 Å². The van der Waals surface area contributed by atoms with Crippen molar-refractivity contribution in [2.75, 3.05) is 20.3 Å². The van der Waals surface area contributed by atoms with Gasteiger partial charge in [0.05, 0.1) is 26.0 Å². The van der Waals surface area contributed by atoms with Crippen molar-refractivity contribution in [2.45, 2.75) is 59.0 Å². The predicted octanol–water partition coefficient (Wildman–Crippen LogP) is 4.49. The molecule has 186 valence electrons. The SMILES string of the molecule is COc1cc(C(=O)N(C(C)C)C(C)C)ccc1OCCCCCOc1ccc(N=C(N)N)cc1. The fraction of sp³-hybridized carbons (Fsp3) is 0.462. The highest BCUT2D eigenvalue weighted by atomic mass is 16.5. The first kappa shape index (κ1) is 26.8. The van der Waals surface area contributed by atoms with Crippen molar-refractivity contribution in [2.24, 2.45) is 16.5 Å². The molecule has 0 atom stereocenters.